The first-order valence-corrected chi connectivity index (χ1v) is 10.0. The van der Waals surface area contributed by atoms with E-state index in [0.717, 1.165) is 0 Å². The Morgan fingerprint density at radius 1 is 1.13 bits per heavy atom. The van der Waals surface area contributed by atoms with Crippen molar-refractivity contribution < 1.29 is 18.6 Å². The first kappa shape index (κ1) is 19.8. The van der Waals surface area contributed by atoms with Gasteiger partial charge in [0, 0.05) is 13.1 Å². The lowest BCUT2D eigenvalue weighted by Gasteiger charge is -2.27. The number of alkyl halides is 2. The number of morpholine rings is 1. The third-order valence-electron chi connectivity index (χ3n) is 5.42. The molecule has 3 aromatic heterocycles. The van der Waals surface area contributed by atoms with Gasteiger partial charge >= 0.3 is 0 Å². The topological polar surface area (TPSA) is 94.1 Å². The summed E-state index contributed by atoms with van der Waals surface area (Å²) in [5.74, 6) is 0.231. The van der Waals surface area contributed by atoms with E-state index >= 15 is 0 Å². The summed E-state index contributed by atoms with van der Waals surface area (Å²) >= 11 is 0. The zero-order chi connectivity index (χ0) is 21.5. The number of hydrogen-bond acceptors (Lipinski definition) is 7. The average Bonchev–Trinajstić information content (AvgIpc) is 3.40. The molecule has 0 radical (unpaired) electrons. The number of aliphatic hydroxyl groups is 1. The maximum absolute atomic E-state index is 14.0. The number of benzene rings is 1. The summed E-state index contributed by atoms with van der Waals surface area (Å²) < 4.78 is 36.5. The number of imidazole rings is 2. The highest BCUT2D eigenvalue weighted by Crippen LogP contribution is 2.31. The Labute approximate surface area is 175 Å². The smallest absolute Gasteiger partial charge is 0.296 e. The van der Waals surface area contributed by atoms with Crippen LogP contribution < -0.4 is 4.90 Å². The third kappa shape index (κ3) is 3.29. The zero-order valence-corrected chi connectivity index (χ0v) is 16.8. The van der Waals surface area contributed by atoms with Crippen LogP contribution in [0.4, 0.5) is 14.7 Å². The molecule has 4 heterocycles. The van der Waals surface area contributed by atoms with E-state index in [-0.39, 0.29) is 18.5 Å². The van der Waals surface area contributed by atoms with Crippen LogP contribution in [0.2, 0.25) is 0 Å². The molecule has 0 spiro atoms. The highest BCUT2D eigenvalue weighted by molar-refractivity contribution is 5.85. The van der Waals surface area contributed by atoms with Gasteiger partial charge in [-0.1, -0.05) is 12.1 Å². The lowest BCUT2D eigenvalue weighted by Crippen LogP contribution is -2.37. The zero-order valence-electron chi connectivity index (χ0n) is 16.8. The summed E-state index contributed by atoms with van der Waals surface area (Å²) in [6, 6.07) is 6.64. The Morgan fingerprint density at radius 3 is 2.65 bits per heavy atom. The van der Waals surface area contributed by atoms with Crippen LogP contribution in [-0.2, 0) is 4.74 Å². The van der Waals surface area contributed by atoms with Gasteiger partial charge in [0.05, 0.1) is 43.2 Å². The number of aromatic nitrogens is 6. The monoisotopic (exact) mass is 429 g/mol. The minimum atomic E-state index is -2.80. The molecule has 0 saturated carbocycles. The van der Waals surface area contributed by atoms with E-state index in [0.29, 0.717) is 54.4 Å². The molecule has 1 atom stereocenters. The molecule has 0 amide bonds. The Morgan fingerprint density at radius 2 is 1.90 bits per heavy atom. The average molecular weight is 429 g/mol. The van der Waals surface area contributed by atoms with Crippen molar-refractivity contribution in [2.24, 2.45) is 0 Å². The molecule has 0 bridgehead atoms. The van der Waals surface area contributed by atoms with Gasteiger partial charge in [-0.15, -0.1) is 0 Å². The normalized spacial score (nSPS) is 16.0. The summed E-state index contributed by atoms with van der Waals surface area (Å²) in [4.78, 5) is 19.9. The van der Waals surface area contributed by atoms with E-state index in [1.54, 1.807) is 35.2 Å². The number of fused-ring (bicyclic) bond motifs is 2. The fraction of sp³-hybridized carbons (Fsp3) is 0.400. The van der Waals surface area contributed by atoms with Crippen LogP contribution >= 0.6 is 0 Å². The number of hydrogen-bond donors (Lipinski definition) is 1. The summed E-state index contributed by atoms with van der Waals surface area (Å²) in [5.41, 5.74) is 1.78. The quantitative estimate of drug-likeness (QED) is 0.521. The number of anilines is 1. The summed E-state index contributed by atoms with van der Waals surface area (Å²) in [6.45, 7) is 3.93. The molecule has 11 heteroatoms. The summed E-state index contributed by atoms with van der Waals surface area (Å²) in [5, 5.41) is 9.66. The van der Waals surface area contributed by atoms with Crippen LogP contribution in [0.1, 0.15) is 25.2 Å². The standard InChI is InChI=1S/C20H21F2N7O2/c1-12(10-30)28-11-23-15-17(28)25-20(27-6-8-31-9-7-27)26-18(15)29-14-5-3-2-4-13(14)24-19(29)16(21)22/h2-5,11-12,16,30H,6-10H2,1H3. The number of rotatable bonds is 5. The second kappa shape index (κ2) is 7.82. The number of ether oxygens (including phenoxy) is 1. The van der Waals surface area contributed by atoms with Crippen molar-refractivity contribution in [1.82, 2.24) is 29.1 Å². The fourth-order valence-electron chi connectivity index (χ4n) is 3.78. The van der Waals surface area contributed by atoms with Crippen molar-refractivity contribution in [1.29, 1.82) is 0 Å². The maximum atomic E-state index is 14.0. The molecule has 31 heavy (non-hydrogen) atoms. The molecule has 1 aliphatic heterocycles. The molecule has 1 aliphatic rings. The molecule has 5 rings (SSSR count). The molecular formula is C20H21F2N7O2. The lowest BCUT2D eigenvalue weighted by molar-refractivity contribution is 0.122. The molecule has 4 aromatic rings. The minimum Gasteiger partial charge on any atom is -0.394 e. The predicted octanol–water partition coefficient (Wildman–Crippen LogP) is 2.49. The molecular weight excluding hydrogens is 408 g/mol. The van der Waals surface area contributed by atoms with Gasteiger partial charge in [-0.25, -0.2) is 18.7 Å². The number of nitrogens with zero attached hydrogens (tertiary/aromatic N) is 7. The maximum Gasteiger partial charge on any atom is 0.296 e. The van der Waals surface area contributed by atoms with Crippen molar-refractivity contribution in [3.05, 3.63) is 36.4 Å². The first-order valence-electron chi connectivity index (χ1n) is 10.0. The van der Waals surface area contributed by atoms with Crippen molar-refractivity contribution in [3.8, 4) is 5.82 Å². The molecule has 1 unspecified atom stereocenters. The van der Waals surface area contributed by atoms with Crippen LogP contribution in [-0.4, -0.2) is 67.1 Å². The third-order valence-corrected chi connectivity index (χ3v) is 5.42. The van der Waals surface area contributed by atoms with Gasteiger partial charge in [-0.3, -0.25) is 4.57 Å². The van der Waals surface area contributed by atoms with E-state index in [1.807, 2.05) is 11.8 Å². The van der Waals surface area contributed by atoms with Crippen LogP contribution in [0.3, 0.4) is 0 Å². The van der Waals surface area contributed by atoms with Gasteiger partial charge in [0.2, 0.25) is 5.95 Å². The van der Waals surface area contributed by atoms with Crippen molar-refractivity contribution in [2.75, 3.05) is 37.8 Å². The number of para-hydroxylation sites is 2. The molecule has 9 nitrogen and oxygen atoms in total. The minimum absolute atomic E-state index is 0.117. The molecule has 0 aliphatic carbocycles. The Balaban J connectivity index is 1.82. The van der Waals surface area contributed by atoms with Gasteiger partial charge < -0.3 is 19.3 Å². The lowest BCUT2D eigenvalue weighted by atomic mass is 10.3. The Bertz CT molecular complexity index is 1230. The van der Waals surface area contributed by atoms with Gasteiger partial charge in [-0.05, 0) is 19.1 Å². The van der Waals surface area contributed by atoms with Crippen molar-refractivity contribution in [2.45, 2.75) is 19.4 Å². The molecule has 162 valence electrons. The number of aliphatic hydroxyl groups excluding tert-OH is 1. The highest BCUT2D eigenvalue weighted by atomic mass is 19.3. The first-order chi connectivity index (χ1) is 15.1. The molecule has 1 fully saturated rings. The van der Waals surface area contributed by atoms with Gasteiger partial charge in [0.15, 0.2) is 22.8 Å². The summed E-state index contributed by atoms with van der Waals surface area (Å²) in [7, 11) is 0. The second-order valence-corrected chi connectivity index (χ2v) is 7.40. The van der Waals surface area contributed by atoms with Crippen LogP contribution in [0, 0.1) is 0 Å². The van der Waals surface area contributed by atoms with E-state index in [2.05, 4.69) is 19.9 Å². The van der Waals surface area contributed by atoms with E-state index < -0.39 is 12.2 Å². The molecule has 1 saturated heterocycles. The predicted molar refractivity (Wildman–Crippen MR) is 110 cm³/mol. The van der Waals surface area contributed by atoms with E-state index in [4.69, 9.17) is 4.74 Å². The van der Waals surface area contributed by atoms with Crippen molar-refractivity contribution >= 4 is 28.1 Å². The van der Waals surface area contributed by atoms with Crippen LogP contribution in [0.5, 0.6) is 0 Å². The highest BCUT2D eigenvalue weighted by Gasteiger charge is 2.26. The molecule has 1 N–H and O–H groups in total. The Hall–Kier alpha value is -3.18. The van der Waals surface area contributed by atoms with Crippen LogP contribution in [0.25, 0.3) is 28.0 Å². The second-order valence-electron chi connectivity index (χ2n) is 7.40. The van der Waals surface area contributed by atoms with Gasteiger partial charge in [0.1, 0.15) is 0 Å². The van der Waals surface area contributed by atoms with E-state index in [9.17, 15) is 13.9 Å². The Kier molecular flexibility index (Phi) is 4.98. The van der Waals surface area contributed by atoms with Crippen LogP contribution in [0.15, 0.2) is 30.6 Å². The van der Waals surface area contributed by atoms with Gasteiger partial charge in [0.25, 0.3) is 6.43 Å². The SMILES string of the molecule is CC(CO)n1cnc2c(-n3c(C(F)F)nc4ccccc43)nc(N3CCOCC3)nc21. The molecule has 1 aromatic carbocycles. The van der Waals surface area contributed by atoms with Gasteiger partial charge in [-0.2, -0.15) is 9.97 Å². The van der Waals surface area contributed by atoms with E-state index in [1.165, 1.54) is 4.57 Å². The van der Waals surface area contributed by atoms with Crippen molar-refractivity contribution in [3.63, 3.8) is 0 Å². The largest absolute Gasteiger partial charge is 0.394 e. The summed E-state index contributed by atoms with van der Waals surface area (Å²) in [6.07, 6.45) is -1.25. The number of halogens is 2. The fourth-order valence-corrected chi connectivity index (χ4v) is 3.78.